The molecule has 0 aromatic carbocycles. The second-order valence-electron chi connectivity index (χ2n) is 1.97. The van der Waals surface area contributed by atoms with Crippen LogP contribution in [0.4, 0.5) is 0 Å². The van der Waals surface area contributed by atoms with Crippen molar-refractivity contribution in [3.05, 3.63) is 24.2 Å². The highest BCUT2D eigenvalue weighted by Gasteiger charge is 2.14. The summed E-state index contributed by atoms with van der Waals surface area (Å²) in [4.78, 5) is 10.9. The van der Waals surface area contributed by atoms with Gasteiger partial charge in [-0.15, -0.1) is 6.58 Å². The van der Waals surface area contributed by atoms with Crippen LogP contribution in [0.1, 0.15) is 6.42 Å². The van der Waals surface area contributed by atoms with Crippen LogP contribution in [0.15, 0.2) is 24.2 Å². The van der Waals surface area contributed by atoms with Crippen molar-refractivity contribution in [1.82, 2.24) is 0 Å². The first-order valence-electron chi connectivity index (χ1n) is 3.32. The molecule has 12 heavy (non-hydrogen) atoms. The van der Waals surface area contributed by atoms with Gasteiger partial charge in [-0.3, -0.25) is 0 Å². The van der Waals surface area contributed by atoms with Crippen molar-refractivity contribution in [3.8, 4) is 0 Å². The SMILES string of the molecule is C=CCC(C(=O)OC)=C(O)OC. The van der Waals surface area contributed by atoms with Crippen molar-refractivity contribution in [2.75, 3.05) is 14.2 Å². The van der Waals surface area contributed by atoms with Gasteiger partial charge in [0.25, 0.3) is 5.95 Å². The van der Waals surface area contributed by atoms with E-state index in [4.69, 9.17) is 5.11 Å². The van der Waals surface area contributed by atoms with Gasteiger partial charge in [0.15, 0.2) is 0 Å². The van der Waals surface area contributed by atoms with E-state index in [1.54, 1.807) is 0 Å². The van der Waals surface area contributed by atoms with Gasteiger partial charge in [-0.25, -0.2) is 4.79 Å². The third-order valence-electron chi connectivity index (χ3n) is 1.23. The lowest BCUT2D eigenvalue weighted by molar-refractivity contribution is -0.136. The van der Waals surface area contributed by atoms with E-state index in [9.17, 15) is 4.79 Å². The third-order valence-corrected chi connectivity index (χ3v) is 1.23. The Bertz CT molecular complexity index is 205. The number of allylic oxidation sites excluding steroid dienone is 1. The Balaban J connectivity index is 4.63. The number of hydrogen-bond acceptors (Lipinski definition) is 4. The smallest absolute Gasteiger partial charge is 0.341 e. The van der Waals surface area contributed by atoms with Crippen molar-refractivity contribution in [1.29, 1.82) is 0 Å². The number of methoxy groups -OCH3 is 2. The molecule has 0 saturated carbocycles. The summed E-state index contributed by atoms with van der Waals surface area (Å²) in [6.45, 7) is 3.43. The lowest BCUT2D eigenvalue weighted by Crippen LogP contribution is -2.08. The minimum atomic E-state index is -0.616. The van der Waals surface area contributed by atoms with Gasteiger partial charge in [0, 0.05) is 6.42 Å². The molecular formula is C8H12O4. The minimum Gasteiger partial charge on any atom is -0.481 e. The van der Waals surface area contributed by atoms with Gasteiger partial charge in [-0.2, -0.15) is 0 Å². The zero-order valence-corrected chi connectivity index (χ0v) is 7.16. The van der Waals surface area contributed by atoms with Gasteiger partial charge in [0.05, 0.1) is 14.2 Å². The number of esters is 1. The molecule has 0 saturated heterocycles. The first-order valence-corrected chi connectivity index (χ1v) is 3.32. The first-order chi connectivity index (χ1) is 5.67. The topological polar surface area (TPSA) is 55.8 Å². The Hall–Kier alpha value is -1.45. The molecule has 1 N–H and O–H groups in total. The van der Waals surface area contributed by atoms with E-state index in [1.165, 1.54) is 20.3 Å². The van der Waals surface area contributed by atoms with Gasteiger partial charge in [-0.1, -0.05) is 6.08 Å². The van der Waals surface area contributed by atoms with E-state index in [2.05, 4.69) is 16.1 Å². The summed E-state index contributed by atoms with van der Waals surface area (Å²) in [6.07, 6.45) is 1.69. The number of carbonyl (C=O) groups excluding carboxylic acids is 1. The summed E-state index contributed by atoms with van der Waals surface area (Å²) in [5, 5.41) is 9.06. The first kappa shape index (κ1) is 10.6. The van der Waals surface area contributed by atoms with Gasteiger partial charge in [0.2, 0.25) is 0 Å². The molecule has 4 nitrogen and oxygen atoms in total. The summed E-state index contributed by atoms with van der Waals surface area (Å²) < 4.78 is 8.88. The van der Waals surface area contributed by atoms with Gasteiger partial charge in [-0.05, 0) is 0 Å². The Kier molecular flexibility index (Phi) is 4.60. The molecule has 0 rings (SSSR count). The molecule has 0 amide bonds. The highest BCUT2D eigenvalue weighted by atomic mass is 16.6. The summed E-state index contributed by atoms with van der Waals surface area (Å²) >= 11 is 0. The lowest BCUT2D eigenvalue weighted by Gasteiger charge is -2.04. The maximum absolute atomic E-state index is 10.9. The summed E-state index contributed by atoms with van der Waals surface area (Å²) in [5.41, 5.74) is 0.0648. The Morgan fingerprint density at radius 2 is 2.08 bits per heavy atom. The monoisotopic (exact) mass is 172 g/mol. The van der Waals surface area contributed by atoms with Crippen molar-refractivity contribution in [3.63, 3.8) is 0 Å². The molecule has 0 aliphatic rings. The summed E-state index contributed by atoms with van der Waals surface area (Å²) in [7, 11) is 2.50. The second-order valence-corrected chi connectivity index (χ2v) is 1.97. The van der Waals surface area contributed by atoms with E-state index in [0.29, 0.717) is 0 Å². The van der Waals surface area contributed by atoms with Crippen LogP contribution in [0.3, 0.4) is 0 Å². The van der Waals surface area contributed by atoms with E-state index in [1.807, 2.05) is 0 Å². The fraction of sp³-hybridized carbons (Fsp3) is 0.375. The van der Waals surface area contributed by atoms with Crippen LogP contribution in [0.25, 0.3) is 0 Å². The molecule has 0 aliphatic carbocycles. The average Bonchev–Trinajstić information content (AvgIpc) is 2.11. The lowest BCUT2D eigenvalue weighted by atomic mass is 10.2. The molecule has 68 valence electrons. The summed E-state index contributed by atoms with van der Waals surface area (Å²) in [5.74, 6) is -1.05. The zero-order valence-electron chi connectivity index (χ0n) is 7.16. The fourth-order valence-corrected chi connectivity index (χ4v) is 0.649. The highest BCUT2D eigenvalue weighted by molar-refractivity contribution is 5.88. The number of aliphatic hydroxyl groups excluding tert-OH is 1. The van der Waals surface area contributed by atoms with E-state index in [-0.39, 0.29) is 12.0 Å². The highest BCUT2D eigenvalue weighted by Crippen LogP contribution is 2.09. The van der Waals surface area contributed by atoms with E-state index < -0.39 is 11.9 Å². The molecule has 0 radical (unpaired) electrons. The minimum absolute atomic E-state index is 0.0648. The van der Waals surface area contributed by atoms with Crippen molar-refractivity contribution in [2.45, 2.75) is 6.42 Å². The van der Waals surface area contributed by atoms with Gasteiger partial charge in [0.1, 0.15) is 5.57 Å². The standard InChI is InChI=1S/C8H12O4/c1-4-5-6(7(9)11-2)8(10)12-3/h4,9H,1,5H2,2-3H3. The predicted octanol–water partition coefficient (Wildman–Crippen LogP) is 1.15. The van der Waals surface area contributed by atoms with Crippen LogP contribution in [-0.2, 0) is 14.3 Å². The summed E-state index contributed by atoms with van der Waals surface area (Å²) in [6, 6.07) is 0. The Labute approximate surface area is 71.1 Å². The van der Waals surface area contributed by atoms with Crippen LogP contribution in [0.2, 0.25) is 0 Å². The predicted molar refractivity (Wildman–Crippen MR) is 43.5 cm³/mol. The molecule has 0 aromatic rings. The number of ether oxygens (including phenoxy) is 2. The molecule has 0 heterocycles. The third kappa shape index (κ3) is 2.65. The number of aliphatic hydroxyl groups is 1. The molecule has 0 bridgehead atoms. The van der Waals surface area contributed by atoms with Gasteiger partial charge >= 0.3 is 5.97 Å². The van der Waals surface area contributed by atoms with Gasteiger partial charge < -0.3 is 14.6 Å². The number of carbonyl (C=O) groups is 1. The number of hydrogen-bond donors (Lipinski definition) is 1. The van der Waals surface area contributed by atoms with Crippen LogP contribution in [-0.4, -0.2) is 25.3 Å². The number of rotatable bonds is 4. The average molecular weight is 172 g/mol. The van der Waals surface area contributed by atoms with Crippen molar-refractivity contribution in [2.24, 2.45) is 0 Å². The molecule has 0 fully saturated rings. The maximum atomic E-state index is 10.9. The largest absolute Gasteiger partial charge is 0.481 e. The normalized spacial score (nSPS) is 11.5. The quantitative estimate of drug-likeness (QED) is 0.299. The van der Waals surface area contributed by atoms with Crippen molar-refractivity contribution >= 4 is 5.97 Å². The van der Waals surface area contributed by atoms with Crippen LogP contribution >= 0.6 is 0 Å². The van der Waals surface area contributed by atoms with Crippen molar-refractivity contribution < 1.29 is 19.4 Å². The molecule has 0 atom stereocenters. The molecular weight excluding hydrogens is 160 g/mol. The molecule has 0 aromatic heterocycles. The second kappa shape index (κ2) is 5.23. The van der Waals surface area contributed by atoms with Crippen LogP contribution in [0, 0.1) is 0 Å². The Morgan fingerprint density at radius 3 is 2.42 bits per heavy atom. The van der Waals surface area contributed by atoms with Crippen LogP contribution < -0.4 is 0 Å². The molecule has 4 heteroatoms. The maximum Gasteiger partial charge on any atom is 0.341 e. The van der Waals surface area contributed by atoms with E-state index >= 15 is 0 Å². The van der Waals surface area contributed by atoms with E-state index in [0.717, 1.165) is 0 Å². The zero-order chi connectivity index (χ0) is 9.56. The molecule has 0 spiro atoms. The Morgan fingerprint density at radius 1 is 1.50 bits per heavy atom. The molecule has 0 unspecified atom stereocenters. The van der Waals surface area contributed by atoms with Crippen LogP contribution in [0.5, 0.6) is 0 Å². The fourth-order valence-electron chi connectivity index (χ4n) is 0.649. The molecule has 0 aliphatic heterocycles.